The van der Waals surface area contributed by atoms with Gasteiger partial charge in [-0.2, -0.15) is 0 Å². The zero-order chi connectivity index (χ0) is 30.0. The molecule has 1 unspecified atom stereocenters. The monoisotopic (exact) mass is 599 g/mol. The van der Waals surface area contributed by atoms with Gasteiger partial charge in [0.2, 0.25) is 0 Å². The molecule has 2 aromatic rings. The van der Waals surface area contributed by atoms with Gasteiger partial charge in [0, 0.05) is 20.7 Å². The highest BCUT2D eigenvalue weighted by Gasteiger charge is 2.46. The van der Waals surface area contributed by atoms with Gasteiger partial charge in [-0.3, -0.25) is 14.5 Å². The van der Waals surface area contributed by atoms with Crippen LogP contribution in [0.15, 0.2) is 12.1 Å². The normalized spacial score (nSPS) is 14.5. The summed E-state index contributed by atoms with van der Waals surface area (Å²) in [5.41, 5.74) is 1.27. The van der Waals surface area contributed by atoms with Crippen molar-refractivity contribution < 1.29 is 9.59 Å². The maximum Gasteiger partial charge on any atom is 0.263 e. The Morgan fingerprint density at radius 3 is 1.80 bits per heavy atom. The standard InChI is InChI=1S/C36H57NO2S2/c1-8-12-14-16-18-20-22-27(23-21-19-17-15-13-9-2)37-34(38)30-31(35(37)39)33(36(6,7)11-4)41-32(30)29-25-24-28(40-29)26(5)10-3/h24-27H,8-23H2,1-7H3. The third kappa shape index (κ3) is 8.34. The second-order valence-electron chi connectivity index (χ2n) is 13.0. The zero-order valence-electron chi connectivity index (χ0n) is 27.2. The molecule has 3 rings (SSSR count). The fourth-order valence-electron chi connectivity index (χ4n) is 5.98. The van der Waals surface area contributed by atoms with Gasteiger partial charge in [-0.05, 0) is 49.1 Å². The van der Waals surface area contributed by atoms with Crippen LogP contribution in [0.3, 0.4) is 0 Å². The molecule has 5 heteroatoms. The predicted octanol–water partition coefficient (Wildman–Crippen LogP) is 12.1. The van der Waals surface area contributed by atoms with Crippen LogP contribution in [-0.2, 0) is 5.41 Å². The molecule has 0 aromatic carbocycles. The molecular formula is C36H57NO2S2. The summed E-state index contributed by atoms with van der Waals surface area (Å²) in [6.45, 7) is 15.6. The van der Waals surface area contributed by atoms with E-state index in [1.807, 2.05) is 0 Å². The molecule has 0 N–H and O–H groups in total. The Balaban J connectivity index is 1.92. The van der Waals surface area contributed by atoms with Crippen molar-refractivity contribution in [3.8, 4) is 9.75 Å². The largest absolute Gasteiger partial charge is 0.271 e. The Morgan fingerprint density at radius 2 is 1.27 bits per heavy atom. The summed E-state index contributed by atoms with van der Waals surface area (Å²) in [7, 11) is 0. The first-order valence-electron chi connectivity index (χ1n) is 16.9. The van der Waals surface area contributed by atoms with Crippen molar-refractivity contribution in [2.24, 2.45) is 0 Å². The summed E-state index contributed by atoms with van der Waals surface area (Å²) in [5, 5.41) is 0. The van der Waals surface area contributed by atoms with Crippen LogP contribution in [0, 0.1) is 0 Å². The molecular weight excluding hydrogens is 543 g/mol. The molecule has 0 bridgehead atoms. The van der Waals surface area contributed by atoms with E-state index in [9.17, 15) is 9.59 Å². The second kappa shape index (κ2) is 16.4. The maximum absolute atomic E-state index is 14.3. The Kier molecular flexibility index (Phi) is 13.6. The molecule has 0 saturated carbocycles. The van der Waals surface area contributed by atoms with Crippen LogP contribution >= 0.6 is 22.7 Å². The molecule has 0 aliphatic carbocycles. The third-order valence-corrected chi connectivity index (χ3v) is 12.4. The first-order chi connectivity index (χ1) is 19.7. The van der Waals surface area contributed by atoms with Crippen LogP contribution in [-0.4, -0.2) is 22.8 Å². The van der Waals surface area contributed by atoms with Crippen LogP contribution in [0.2, 0.25) is 0 Å². The Bertz CT molecular complexity index is 1100. The summed E-state index contributed by atoms with van der Waals surface area (Å²) in [6.07, 6.45) is 18.6. The van der Waals surface area contributed by atoms with E-state index in [1.54, 1.807) is 27.6 Å². The third-order valence-electron chi connectivity index (χ3n) is 9.37. The zero-order valence-corrected chi connectivity index (χ0v) is 28.8. The number of carbonyl (C=O) groups is 2. The van der Waals surface area contributed by atoms with Crippen LogP contribution in [0.5, 0.6) is 0 Å². The molecule has 3 heterocycles. The topological polar surface area (TPSA) is 37.4 Å². The van der Waals surface area contributed by atoms with E-state index in [1.165, 1.54) is 69.1 Å². The molecule has 0 saturated heterocycles. The van der Waals surface area contributed by atoms with E-state index in [4.69, 9.17) is 0 Å². The van der Waals surface area contributed by atoms with Gasteiger partial charge < -0.3 is 0 Å². The van der Waals surface area contributed by atoms with Crippen molar-refractivity contribution in [2.75, 3.05) is 0 Å². The SMILES string of the molecule is CCCCCCCCC(CCCCCCCC)N1C(=O)c2c(-c3ccc(C(C)CC)s3)sc(C(C)(C)CC)c2C1=O. The quantitative estimate of drug-likeness (QED) is 0.112. The van der Waals surface area contributed by atoms with Crippen molar-refractivity contribution in [3.05, 3.63) is 33.0 Å². The van der Waals surface area contributed by atoms with Crippen molar-refractivity contribution in [1.82, 2.24) is 4.90 Å². The number of rotatable bonds is 20. The van der Waals surface area contributed by atoms with Gasteiger partial charge in [-0.25, -0.2) is 0 Å². The lowest BCUT2D eigenvalue weighted by Crippen LogP contribution is -2.40. The number of hydrogen-bond donors (Lipinski definition) is 0. The Labute approximate surface area is 259 Å². The van der Waals surface area contributed by atoms with Crippen molar-refractivity contribution >= 4 is 34.5 Å². The van der Waals surface area contributed by atoms with E-state index < -0.39 is 0 Å². The minimum Gasteiger partial charge on any atom is -0.271 e. The number of unbranched alkanes of at least 4 members (excludes halogenated alkanes) is 10. The average molecular weight is 600 g/mol. The molecule has 2 amide bonds. The Morgan fingerprint density at radius 1 is 0.732 bits per heavy atom. The summed E-state index contributed by atoms with van der Waals surface area (Å²) < 4.78 is 0. The number of thiophene rings is 2. The Hall–Kier alpha value is -1.46. The number of imide groups is 1. The number of fused-ring (bicyclic) bond motifs is 1. The van der Waals surface area contributed by atoms with E-state index >= 15 is 0 Å². The van der Waals surface area contributed by atoms with Crippen LogP contribution < -0.4 is 0 Å². The molecule has 0 fully saturated rings. The van der Waals surface area contributed by atoms with Gasteiger partial charge in [0.25, 0.3) is 11.8 Å². The van der Waals surface area contributed by atoms with Crippen molar-refractivity contribution in [3.63, 3.8) is 0 Å². The molecule has 1 atom stereocenters. The minimum absolute atomic E-state index is 0.00852. The molecule has 230 valence electrons. The molecule has 2 aromatic heterocycles. The van der Waals surface area contributed by atoms with Crippen molar-refractivity contribution in [1.29, 1.82) is 0 Å². The lowest BCUT2D eigenvalue weighted by atomic mass is 9.85. The summed E-state index contributed by atoms with van der Waals surface area (Å²) in [6, 6.07) is 4.42. The van der Waals surface area contributed by atoms with Gasteiger partial charge in [0.1, 0.15) is 0 Å². The van der Waals surface area contributed by atoms with Gasteiger partial charge in [-0.1, -0.05) is 126 Å². The maximum atomic E-state index is 14.3. The van der Waals surface area contributed by atoms with E-state index in [-0.39, 0.29) is 23.3 Å². The number of carbonyl (C=O) groups excluding carboxylic acids is 2. The van der Waals surface area contributed by atoms with Crippen molar-refractivity contribution in [2.45, 2.75) is 169 Å². The summed E-state index contributed by atoms with van der Waals surface area (Å²) in [4.78, 5) is 35.0. The number of hydrogen-bond acceptors (Lipinski definition) is 4. The first kappa shape index (κ1) is 34.0. The summed E-state index contributed by atoms with van der Waals surface area (Å²) in [5.74, 6) is 0.445. The second-order valence-corrected chi connectivity index (χ2v) is 15.1. The predicted molar refractivity (Wildman–Crippen MR) is 180 cm³/mol. The van der Waals surface area contributed by atoms with Crippen LogP contribution in [0.25, 0.3) is 9.75 Å². The fraction of sp³-hybridized carbons (Fsp3) is 0.722. The van der Waals surface area contributed by atoms with Crippen LogP contribution in [0.4, 0.5) is 0 Å². The smallest absolute Gasteiger partial charge is 0.263 e. The van der Waals surface area contributed by atoms with E-state index in [0.717, 1.165) is 58.7 Å². The average Bonchev–Trinajstić information content (AvgIpc) is 3.67. The number of nitrogens with zero attached hydrogens (tertiary/aromatic N) is 1. The van der Waals surface area contributed by atoms with Gasteiger partial charge in [0.15, 0.2) is 0 Å². The minimum atomic E-state index is -0.149. The van der Waals surface area contributed by atoms with Gasteiger partial charge >= 0.3 is 0 Å². The first-order valence-corrected chi connectivity index (χ1v) is 18.5. The summed E-state index contributed by atoms with van der Waals surface area (Å²) >= 11 is 3.50. The molecule has 0 radical (unpaired) electrons. The van der Waals surface area contributed by atoms with Crippen LogP contribution in [0.1, 0.15) is 188 Å². The lowest BCUT2D eigenvalue weighted by Gasteiger charge is -2.28. The highest BCUT2D eigenvalue weighted by Crippen LogP contribution is 2.49. The van der Waals surface area contributed by atoms with Gasteiger partial charge in [-0.15, -0.1) is 22.7 Å². The fourth-order valence-corrected chi connectivity index (χ4v) is 8.69. The van der Waals surface area contributed by atoms with E-state index in [0.29, 0.717) is 11.5 Å². The molecule has 1 aliphatic rings. The highest BCUT2D eigenvalue weighted by atomic mass is 32.1. The van der Waals surface area contributed by atoms with E-state index in [2.05, 4.69) is 60.6 Å². The molecule has 1 aliphatic heterocycles. The van der Waals surface area contributed by atoms with Gasteiger partial charge in [0.05, 0.1) is 16.0 Å². The molecule has 0 spiro atoms. The number of amides is 2. The lowest BCUT2D eigenvalue weighted by molar-refractivity contribution is 0.0562. The molecule has 3 nitrogen and oxygen atoms in total. The highest BCUT2D eigenvalue weighted by molar-refractivity contribution is 7.23. The molecule has 41 heavy (non-hydrogen) atoms.